The normalized spacial score (nSPS) is 12.5. The summed E-state index contributed by atoms with van der Waals surface area (Å²) in [6.07, 6.45) is 3.81. The van der Waals surface area contributed by atoms with Crippen molar-refractivity contribution in [2.45, 2.75) is 26.1 Å². The summed E-state index contributed by atoms with van der Waals surface area (Å²) in [5.74, 6) is 0.417. The molecule has 1 aromatic heterocycles. The van der Waals surface area contributed by atoms with Gasteiger partial charge in [-0.2, -0.15) is 5.10 Å². The molecule has 0 radical (unpaired) electrons. The zero-order chi connectivity index (χ0) is 15.8. The molecule has 0 saturated carbocycles. The highest BCUT2D eigenvalue weighted by Gasteiger charge is 2.03. The average molecular weight is 429 g/mol. The van der Waals surface area contributed by atoms with Crippen molar-refractivity contribution in [3.63, 3.8) is 0 Å². The van der Waals surface area contributed by atoms with Gasteiger partial charge >= 0.3 is 0 Å². The van der Waals surface area contributed by atoms with Crippen molar-refractivity contribution in [3.8, 4) is 0 Å². The molecule has 1 atom stereocenters. The molecule has 1 aromatic carbocycles. The van der Waals surface area contributed by atoms with Crippen LogP contribution in [0.2, 0.25) is 0 Å². The Morgan fingerprint density at radius 1 is 1.35 bits per heavy atom. The minimum Gasteiger partial charge on any atom is -0.383 e. The number of halogens is 1. The summed E-state index contributed by atoms with van der Waals surface area (Å²) >= 11 is 0. The third kappa shape index (κ3) is 7.00. The van der Waals surface area contributed by atoms with Gasteiger partial charge in [0.1, 0.15) is 0 Å². The number of nitrogens with one attached hydrogen (secondary N) is 1. The molecular weight excluding hydrogens is 405 g/mol. The quantitative estimate of drug-likeness (QED) is 0.401. The second-order valence-corrected chi connectivity index (χ2v) is 5.23. The van der Waals surface area contributed by atoms with Gasteiger partial charge in [0, 0.05) is 24.9 Å². The molecule has 1 unspecified atom stereocenters. The van der Waals surface area contributed by atoms with E-state index < -0.39 is 0 Å². The number of rotatable bonds is 7. The molecule has 2 rings (SSSR count). The number of benzene rings is 1. The Hall–Kier alpha value is -1.61. The second kappa shape index (κ2) is 10.2. The van der Waals surface area contributed by atoms with Crippen LogP contribution in [-0.2, 0) is 17.8 Å². The van der Waals surface area contributed by atoms with E-state index in [1.807, 2.05) is 42.2 Å². The predicted octanol–water partition coefficient (Wildman–Crippen LogP) is 1.99. The van der Waals surface area contributed by atoms with Gasteiger partial charge in [-0.3, -0.25) is 4.68 Å². The molecule has 0 aliphatic rings. The second-order valence-electron chi connectivity index (χ2n) is 5.23. The molecule has 2 aromatic rings. The monoisotopic (exact) mass is 429 g/mol. The molecule has 0 fully saturated rings. The van der Waals surface area contributed by atoms with Crippen LogP contribution in [0.25, 0.3) is 0 Å². The molecule has 0 bridgehead atoms. The van der Waals surface area contributed by atoms with Crippen LogP contribution in [-0.4, -0.2) is 35.5 Å². The molecule has 6 nitrogen and oxygen atoms in total. The van der Waals surface area contributed by atoms with E-state index >= 15 is 0 Å². The topological polar surface area (TPSA) is 77.5 Å². The Morgan fingerprint density at radius 2 is 2.09 bits per heavy atom. The van der Waals surface area contributed by atoms with Crippen molar-refractivity contribution >= 4 is 29.9 Å². The zero-order valence-electron chi connectivity index (χ0n) is 13.5. The van der Waals surface area contributed by atoms with E-state index in [1.54, 1.807) is 7.11 Å². The van der Waals surface area contributed by atoms with Crippen LogP contribution in [0, 0.1) is 0 Å². The number of nitrogens with zero attached hydrogens (tertiary/aromatic N) is 3. The summed E-state index contributed by atoms with van der Waals surface area (Å²) in [7, 11) is 1.66. The van der Waals surface area contributed by atoms with Crippen LogP contribution < -0.4 is 11.1 Å². The van der Waals surface area contributed by atoms with Crippen molar-refractivity contribution in [2.24, 2.45) is 10.7 Å². The lowest BCUT2D eigenvalue weighted by atomic mass is 10.2. The Kier molecular flexibility index (Phi) is 8.64. The predicted molar refractivity (Wildman–Crippen MR) is 103 cm³/mol. The van der Waals surface area contributed by atoms with Gasteiger partial charge in [0.05, 0.1) is 25.9 Å². The number of ether oxygens (including phenoxy) is 1. The molecular formula is C16H24IN5O. The maximum atomic E-state index is 5.84. The number of hydrogen-bond donors (Lipinski definition) is 2. The summed E-state index contributed by atoms with van der Waals surface area (Å²) < 4.78 is 6.94. The summed E-state index contributed by atoms with van der Waals surface area (Å²) in [6.45, 7) is 3.84. The summed E-state index contributed by atoms with van der Waals surface area (Å²) in [5.41, 5.74) is 8.08. The molecule has 126 valence electrons. The molecule has 1 heterocycles. The van der Waals surface area contributed by atoms with Gasteiger partial charge < -0.3 is 15.8 Å². The minimum atomic E-state index is 0. The molecule has 0 saturated heterocycles. The molecule has 23 heavy (non-hydrogen) atoms. The number of aliphatic imine (C=N–C) groups is 1. The smallest absolute Gasteiger partial charge is 0.189 e. The van der Waals surface area contributed by atoms with E-state index in [0.29, 0.717) is 19.1 Å². The number of guanidine groups is 1. The van der Waals surface area contributed by atoms with E-state index in [0.717, 1.165) is 12.1 Å². The lowest BCUT2D eigenvalue weighted by Gasteiger charge is -2.12. The fraction of sp³-hybridized carbons (Fsp3) is 0.375. The van der Waals surface area contributed by atoms with Gasteiger partial charge in [-0.1, -0.05) is 30.3 Å². The van der Waals surface area contributed by atoms with E-state index in [2.05, 4.69) is 27.5 Å². The van der Waals surface area contributed by atoms with Crippen molar-refractivity contribution in [1.82, 2.24) is 15.1 Å². The largest absolute Gasteiger partial charge is 0.383 e. The highest BCUT2D eigenvalue weighted by atomic mass is 127. The minimum absolute atomic E-state index is 0. The highest BCUT2D eigenvalue weighted by molar-refractivity contribution is 14.0. The number of nitrogens with two attached hydrogens (primary N) is 1. The third-order valence-corrected chi connectivity index (χ3v) is 3.12. The van der Waals surface area contributed by atoms with Crippen LogP contribution in [0.4, 0.5) is 0 Å². The van der Waals surface area contributed by atoms with Crippen LogP contribution >= 0.6 is 24.0 Å². The van der Waals surface area contributed by atoms with Gasteiger partial charge in [-0.05, 0) is 12.5 Å². The van der Waals surface area contributed by atoms with Crippen LogP contribution in [0.5, 0.6) is 0 Å². The molecule has 0 amide bonds. The van der Waals surface area contributed by atoms with Crippen LogP contribution in [0.15, 0.2) is 47.7 Å². The fourth-order valence-corrected chi connectivity index (χ4v) is 2.11. The van der Waals surface area contributed by atoms with Gasteiger partial charge in [-0.15, -0.1) is 24.0 Å². The van der Waals surface area contributed by atoms with E-state index in [1.165, 1.54) is 5.56 Å². The first-order valence-electron chi connectivity index (χ1n) is 7.28. The molecule has 0 aliphatic heterocycles. The average Bonchev–Trinajstić information content (AvgIpc) is 2.94. The highest BCUT2D eigenvalue weighted by Crippen LogP contribution is 2.04. The standard InChI is InChI=1S/C16H23N5O.HI/c1-13(12-22-2)20-16(17)18-8-15-9-19-21(11-15)10-14-6-4-3-5-7-14;/h3-7,9,11,13H,8,10,12H2,1-2H3,(H3,17,18,20);1H. The molecule has 0 spiro atoms. The first-order valence-corrected chi connectivity index (χ1v) is 7.28. The Bertz CT molecular complexity index is 600. The van der Waals surface area contributed by atoms with Gasteiger partial charge in [-0.25, -0.2) is 4.99 Å². The fourth-order valence-electron chi connectivity index (χ4n) is 2.11. The van der Waals surface area contributed by atoms with Crippen molar-refractivity contribution in [3.05, 3.63) is 53.9 Å². The molecule has 0 aliphatic carbocycles. The van der Waals surface area contributed by atoms with Crippen molar-refractivity contribution < 1.29 is 4.74 Å². The van der Waals surface area contributed by atoms with E-state index in [4.69, 9.17) is 10.5 Å². The number of methoxy groups -OCH3 is 1. The lowest BCUT2D eigenvalue weighted by molar-refractivity contribution is 0.179. The lowest BCUT2D eigenvalue weighted by Crippen LogP contribution is -2.40. The maximum absolute atomic E-state index is 5.84. The number of aromatic nitrogens is 2. The van der Waals surface area contributed by atoms with Gasteiger partial charge in [0.2, 0.25) is 0 Å². The molecule has 3 N–H and O–H groups in total. The Labute approximate surface area is 154 Å². The van der Waals surface area contributed by atoms with Crippen LogP contribution in [0.3, 0.4) is 0 Å². The van der Waals surface area contributed by atoms with Gasteiger partial charge in [0.25, 0.3) is 0 Å². The van der Waals surface area contributed by atoms with Gasteiger partial charge in [0.15, 0.2) is 5.96 Å². The zero-order valence-corrected chi connectivity index (χ0v) is 15.8. The Balaban J connectivity index is 0.00000264. The third-order valence-electron chi connectivity index (χ3n) is 3.12. The van der Waals surface area contributed by atoms with Crippen molar-refractivity contribution in [2.75, 3.05) is 13.7 Å². The van der Waals surface area contributed by atoms with Crippen molar-refractivity contribution in [1.29, 1.82) is 0 Å². The molecule has 7 heteroatoms. The number of hydrogen-bond acceptors (Lipinski definition) is 3. The SMILES string of the molecule is COCC(C)NC(N)=NCc1cnn(Cc2ccccc2)c1.I. The maximum Gasteiger partial charge on any atom is 0.189 e. The van der Waals surface area contributed by atoms with Crippen LogP contribution in [0.1, 0.15) is 18.1 Å². The Morgan fingerprint density at radius 3 is 2.78 bits per heavy atom. The summed E-state index contributed by atoms with van der Waals surface area (Å²) in [5, 5.41) is 7.42. The summed E-state index contributed by atoms with van der Waals surface area (Å²) in [6, 6.07) is 10.4. The first kappa shape index (κ1) is 19.4. The first-order chi connectivity index (χ1) is 10.7. The summed E-state index contributed by atoms with van der Waals surface area (Å²) in [4.78, 5) is 4.31. The van der Waals surface area contributed by atoms with E-state index in [-0.39, 0.29) is 30.0 Å². The van der Waals surface area contributed by atoms with E-state index in [9.17, 15) is 0 Å².